The van der Waals surface area contributed by atoms with Gasteiger partial charge < -0.3 is 4.74 Å². The van der Waals surface area contributed by atoms with Crippen LogP contribution in [-0.4, -0.2) is 19.0 Å². The van der Waals surface area contributed by atoms with Crippen LogP contribution in [0.4, 0.5) is 0 Å². The van der Waals surface area contributed by atoms with Crippen LogP contribution < -0.4 is 0 Å². The van der Waals surface area contributed by atoms with E-state index in [9.17, 15) is 4.79 Å². The minimum atomic E-state index is -0.385. The first-order chi connectivity index (χ1) is 7.04. The van der Waals surface area contributed by atoms with Crippen molar-refractivity contribution >= 4 is 33.3 Å². The van der Waals surface area contributed by atoms with Crippen LogP contribution in [0.15, 0.2) is 22.7 Å². The Labute approximate surface area is 103 Å². The molecule has 1 atom stereocenters. The molecule has 0 saturated carbocycles. The van der Waals surface area contributed by atoms with Gasteiger partial charge >= 0.3 is 0 Å². The Bertz CT molecular complexity index is 366. The zero-order valence-corrected chi connectivity index (χ0v) is 10.9. The van der Waals surface area contributed by atoms with Gasteiger partial charge in [0.05, 0.1) is 0 Å². The quantitative estimate of drug-likeness (QED) is 0.851. The van der Waals surface area contributed by atoms with Crippen molar-refractivity contribution in [2.45, 2.75) is 19.4 Å². The van der Waals surface area contributed by atoms with E-state index < -0.39 is 0 Å². The molecule has 0 radical (unpaired) electrons. The molecule has 0 bridgehead atoms. The summed E-state index contributed by atoms with van der Waals surface area (Å²) in [6, 6.07) is 5.49. The third-order valence-corrected chi connectivity index (χ3v) is 3.03. The topological polar surface area (TPSA) is 26.3 Å². The molecular weight excluding hydrogens is 279 g/mol. The Morgan fingerprint density at radius 2 is 2.27 bits per heavy atom. The Morgan fingerprint density at radius 1 is 1.60 bits per heavy atom. The minimum Gasteiger partial charge on any atom is -0.374 e. The van der Waals surface area contributed by atoms with Crippen molar-refractivity contribution in [1.82, 2.24) is 0 Å². The van der Waals surface area contributed by atoms with Gasteiger partial charge in [-0.25, -0.2) is 0 Å². The molecule has 2 nitrogen and oxygen atoms in total. The van der Waals surface area contributed by atoms with E-state index in [1.165, 1.54) is 7.11 Å². The second-order valence-electron chi connectivity index (χ2n) is 3.26. The second kappa shape index (κ2) is 5.64. The fraction of sp³-hybridized carbons (Fsp3) is 0.364. The van der Waals surface area contributed by atoms with E-state index in [0.717, 1.165) is 10.0 Å². The first kappa shape index (κ1) is 12.7. The number of methoxy groups -OCH3 is 1. The number of hydrogen-bond acceptors (Lipinski definition) is 2. The van der Waals surface area contributed by atoms with Crippen molar-refractivity contribution in [2.75, 3.05) is 7.11 Å². The standard InChI is InChI=1S/C11H12BrClO2/c1-7(15-2)11(14)5-8-3-4-9(12)6-10(8)13/h3-4,6-7H,5H2,1-2H3. The molecule has 4 heteroatoms. The molecule has 0 fully saturated rings. The van der Waals surface area contributed by atoms with Crippen LogP contribution in [0.3, 0.4) is 0 Å². The van der Waals surface area contributed by atoms with Crippen LogP contribution in [0.2, 0.25) is 5.02 Å². The summed E-state index contributed by atoms with van der Waals surface area (Å²) in [5, 5.41) is 0.598. The van der Waals surface area contributed by atoms with E-state index in [0.29, 0.717) is 11.4 Å². The zero-order chi connectivity index (χ0) is 11.4. The van der Waals surface area contributed by atoms with Gasteiger partial charge in [-0.3, -0.25) is 4.79 Å². The summed E-state index contributed by atoms with van der Waals surface area (Å²) in [6.07, 6.45) is -0.0779. The smallest absolute Gasteiger partial charge is 0.165 e. The van der Waals surface area contributed by atoms with Gasteiger partial charge in [0.15, 0.2) is 5.78 Å². The number of benzene rings is 1. The number of carbonyl (C=O) groups excluding carboxylic acids is 1. The maximum absolute atomic E-state index is 11.6. The monoisotopic (exact) mass is 290 g/mol. The zero-order valence-electron chi connectivity index (χ0n) is 8.59. The van der Waals surface area contributed by atoms with Crippen LogP contribution in [-0.2, 0) is 16.0 Å². The highest BCUT2D eigenvalue weighted by Crippen LogP contribution is 2.22. The predicted octanol–water partition coefficient (Wildman–Crippen LogP) is 3.25. The highest BCUT2D eigenvalue weighted by atomic mass is 79.9. The van der Waals surface area contributed by atoms with Gasteiger partial charge in [0.25, 0.3) is 0 Å². The number of ether oxygens (including phenoxy) is 1. The fourth-order valence-corrected chi connectivity index (χ4v) is 1.87. The molecule has 1 unspecified atom stereocenters. The molecule has 1 aromatic carbocycles. The van der Waals surface area contributed by atoms with E-state index in [-0.39, 0.29) is 11.9 Å². The molecule has 0 aliphatic carbocycles. The summed E-state index contributed by atoms with van der Waals surface area (Å²) >= 11 is 9.31. The van der Waals surface area contributed by atoms with Crippen LogP contribution in [0, 0.1) is 0 Å². The van der Waals surface area contributed by atoms with E-state index in [4.69, 9.17) is 16.3 Å². The van der Waals surface area contributed by atoms with Crippen molar-refractivity contribution in [3.05, 3.63) is 33.3 Å². The summed E-state index contributed by atoms with van der Waals surface area (Å²) in [7, 11) is 1.52. The number of carbonyl (C=O) groups is 1. The van der Waals surface area contributed by atoms with Gasteiger partial charge in [-0.15, -0.1) is 0 Å². The number of Topliss-reactive ketones (excluding diaryl/α,β-unsaturated/α-hetero) is 1. The van der Waals surface area contributed by atoms with E-state index >= 15 is 0 Å². The summed E-state index contributed by atoms with van der Waals surface area (Å²) in [5.41, 5.74) is 0.828. The van der Waals surface area contributed by atoms with Gasteiger partial charge in [0.1, 0.15) is 6.10 Å². The lowest BCUT2D eigenvalue weighted by molar-refractivity contribution is -0.127. The lowest BCUT2D eigenvalue weighted by atomic mass is 10.1. The normalized spacial score (nSPS) is 12.5. The van der Waals surface area contributed by atoms with Gasteiger partial charge in [-0.05, 0) is 24.6 Å². The minimum absolute atomic E-state index is 0.0294. The van der Waals surface area contributed by atoms with Crippen molar-refractivity contribution in [1.29, 1.82) is 0 Å². The van der Waals surface area contributed by atoms with Crippen molar-refractivity contribution < 1.29 is 9.53 Å². The molecule has 0 amide bonds. The van der Waals surface area contributed by atoms with E-state index in [1.807, 2.05) is 12.1 Å². The van der Waals surface area contributed by atoms with E-state index in [1.54, 1.807) is 13.0 Å². The summed E-state index contributed by atoms with van der Waals surface area (Å²) in [6.45, 7) is 1.73. The fourth-order valence-electron chi connectivity index (χ4n) is 1.13. The Morgan fingerprint density at radius 3 is 2.80 bits per heavy atom. The maximum atomic E-state index is 11.6. The number of ketones is 1. The number of halogens is 2. The molecule has 0 aliphatic heterocycles. The molecule has 0 aliphatic rings. The van der Waals surface area contributed by atoms with Crippen LogP contribution in [0.1, 0.15) is 12.5 Å². The molecular formula is C11H12BrClO2. The largest absolute Gasteiger partial charge is 0.374 e. The first-order valence-electron chi connectivity index (χ1n) is 4.54. The highest BCUT2D eigenvalue weighted by molar-refractivity contribution is 9.10. The summed E-state index contributed by atoms with van der Waals surface area (Å²) in [5.74, 6) is 0.0294. The van der Waals surface area contributed by atoms with Crippen LogP contribution in [0.25, 0.3) is 0 Å². The molecule has 1 aromatic rings. The lowest BCUT2D eigenvalue weighted by Crippen LogP contribution is -2.21. The average molecular weight is 292 g/mol. The molecule has 1 rings (SSSR count). The SMILES string of the molecule is COC(C)C(=O)Cc1ccc(Br)cc1Cl. The molecule has 0 saturated heterocycles. The molecule has 0 spiro atoms. The number of hydrogen-bond donors (Lipinski definition) is 0. The van der Waals surface area contributed by atoms with Crippen LogP contribution >= 0.6 is 27.5 Å². The average Bonchev–Trinajstić information content (AvgIpc) is 2.20. The van der Waals surface area contributed by atoms with Crippen molar-refractivity contribution in [3.8, 4) is 0 Å². The van der Waals surface area contributed by atoms with Gasteiger partial charge in [-0.1, -0.05) is 33.6 Å². The Hall–Kier alpha value is -0.380. The molecule has 0 aromatic heterocycles. The third-order valence-electron chi connectivity index (χ3n) is 2.19. The maximum Gasteiger partial charge on any atom is 0.165 e. The predicted molar refractivity (Wildman–Crippen MR) is 64.3 cm³/mol. The van der Waals surface area contributed by atoms with E-state index in [2.05, 4.69) is 15.9 Å². The molecule has 0 N–H and O–H groups in total. The highest BCUT2D eigenvalue weighted by Gasteiger charge is 2.13. The lowest BCUT2D eigenvalue weighted by Gasteiger charge is -2.09. The van der Waals surface area contributed by atoms with Crippen LogP contribution in [0.5, 0.6) is 0 Å². The van der Waals surface area contributed by atoms with Gasteiger partial charge in [-0.2, -0.15) is 0 Å². The Balaban J connectivity index is 2.77. The molecule has 82 valence electrons. The third kappa shape index (κ3) is 3.59. The molecule has 0 heterocycles. The summed E-state index contributed by atoms with van der Waals surface area (Å²) in [4.78, 5) is 11.6. The van der Waals surface area contributed by atoms with Gasteiger partial charge in [0.2, 0.25) is 0 Å². The van der Waals surface area contributed by atoms with Gasteiger partial charge in [0, 0.05) is 23.0 Å². The van der Waals surface area contributed by atoms with Crippen molar-refractivity contribution in [3.63, 3.8) is 0 Å². The summed E-state index contributed by atoms with van der Waals surface area (Å²) < 4.78 is 5.85. The van der Waals surface area contributed by atoms with Crippen molar-refractivity contribution in [2.24, 2.45) is 0 Å². The number of rotatable bonds is 4. The second-order valence-corrected chi connectivity index (χ2v) is 4.58. The molecule has 15 heavy (non-hydrogen) atoms. The Kier molecular flexibility index (Phi) is 4.77. The first-order valence-corrected chi connectivity index (χ1v) is 5.71.